The zero-order chi connectivity index (χ0) is 20.6. The van der Waals surface area contributed by atoms with Crippen LogP contribution in [0.1, 0.15) is 29.5 Å². The third-order valence-electron chi connectivity index (χ3n) is 4.94. The smallest absolute Gasteiger partial charge is 0.325 e. The van der Waals surface area contributed by atoms with Crippen LogP contribution in [0.2, 0.25) is 0 Å². The van der Waals surface area contributed by atoms with E-state index < -0.39 is 17.5 Å². The second-order valence-corrected chi connectivity index (χ2v) is 7.01. The van der Waals surface area contributed by atoms with Crippen LogP contribution in [0.5, 0.6) is 0 Å². The molecule has 0 spiro atoms. The molecule has 8 nitrogen and oxygen atoms in total. The van der Waals surface area contributed by atoms with Crippen molar-refractivity contribution in [3.63, 3.8) is 0 Å². The van der Waals surface area contributed by atoms with Crippen LogP contribution in [0.3, 0.4) is 0 Å². The average molecular weight is 387 g/mol. The van der Waals surface area contributed by atoms with Crippen molar-refractivity contribution >= 4 is 11.9 Å². The molecule has 1 aromatic heterocycles. The molecule has 1 aliphatic rings. The summed E-state index contributed by atoms with van der Waals surface area (Å²) < 4.78 is 5.24. The molecule has 29 heavy (non-hydrogen) atoms. The molecule has 144 valence electrons. The van der Waals surface area contributed by atoms with E-state index in [9.17, 15) is 9.59 Å². The van der Waals surface area contributed by atoms with Crippen molar-refractivity contribution in [1.82, 2.24) is 20.4 Å². The Morgan fingerprint density at radius 3 is 2.48 bits per heavy atom. The van der Waals surface area contributed by atoms with Gasteiger partial charge in [0.2, 0.25) is 11.7 Å². The molecule has 8 heteroatoms. The molecule has 1 N–H and O–H groups in total. The van der Waals surface area contributed by atoms with Gasteiger partial charge in [-0.3, -0.25) is 9.69 Å². The van der Waals surface area contributed by atoms with E-state index in [1.807, 2.05) is 37.3 Å². The van der Waals surface area contributed by atoms with Gasteiger partial charge in [0.15, 0.2) is 0 Å². The number of imide groups is 1. The predicted octanol–water partition coefficient (Wildman–Crippen LogP) is 2.88. The summed E-state index contributed by atoms with van der Waals surface area (Å²) in [5, 5.41) is 15.6. The minimum absolute atomic E-state index is 0.130. The minimum Gasteiger partial charge on any atom is -0.337 e. The van der Waals surface area contributed by atoms with Crippen molar-refractivity contribution in [2.75, 3.05) is 0 Å². The first-order valence-corrected chi connectivity index (χ1v) is 8.95. The number of hydrogen-bond donors (Lipinski definition) is 1. The monoisotopic (exact) mass is 387 g/mol. The maximum atomic E-state index is 13.0. The molecule has 1 fully saturated rings. The Labute approximate surface area is 166 Å². The number of carbonyl (C=O) groups is 2. The van der Waals surface area contributed by atoms with Crippen LogP contribution in [0.15, 0.2) is 53.1 Å². The van der Waals surface area contributed by atoms with Crippen LogP contribution >= 0.6 is 0 Å². The first kappa shape index (κ1) is 18.4. The lowest BCUT2D eigenvalue weighted by Crippen LogP contribution is -2.40. The molecule has 0 unspecified atom stereocenters. The zero-order valence-electron chi connectivity index (χ0n) is 15.8. The number of aromatic nitrogens is 2. The lowest BCUT2D eigenvalue weighted by atomic mass is 9.91. The summed E-state index contributed by atoms with van der Waals surface area (Å²) in [6.45, 7) is 3.48. The van der Waals surface area contributed by atoms with Gasteiger partial charge in [0.25, 0.3) is 5.91 Å². The molecule has 1 aliphatic heterocycles. The number of benzene rings is 2. The molecular weight excluding hydrogens is 370 g/mol. The first-order chi connectivity index (χ1) is 13.9. The molecule has 0 radical (unpaired) electrons. The Balaban J connectivity index is 1.55. The van der Waals surface area contributed by atoms with Gasteiger partial charge in [-0.25, -0.2) is 4.79 Å². The molecular formula is C21H17N5O3. The Morgan fingerprint density at radius 1 is 1.14 bits per heavy atom. The number of carbonyl (C=O) groups excluding carboxylic acids is 2. The fourth-order valence-electron chi connectivity index (χ4n) is 3.19. The summed E-state index contributed by atoms with van der Waals surface area (Å²) in [5.41, 5.74) is 1.72. The van der Waals surface area contributed by atoms with E-state index in [-0.39, 0.29) is 12.4 Å². The summed E-state index contributed by atoms with van der Waals surface area (Å²) in [6.07, 6.45) is 0. The lowest BCUT2D eigenvalue weighted by Gasteiger charge is -2.21. The van der Waals surface area contributed by atoms with Crippen molar-refractivity contribution in [2.45, 2.75) is 25.9 Å². The van der Waals surface area contributed by atoms with Gasteiger partial charge >= 0.3 is 6.03 Å². The normalized spacial score (nSPS) is 18.6. The first-order valence-electron chi connectivity index (χ1n) is 8.95. The Hall–Kier alpha value is -3.99. The maximum absolute atomic E-state index is 13.0. The van der Waals surface area contributed by atoms with Crippen LogP contribution < -0.4 is 5.32 Å². The van der Waals surface area contributed by atoms with Crippen LogP contribution in [-0.2, 0) is 16.9 Å². The van der Waals surface area contributed by atoms with Gasteiger partial charge in [-0.15, -0.1) is 0 Å². The summed E-state index contributed by atoms with van der Waals surface area (Å²) in [5.74, 6) is 0.123. The number of amides is 3. The van der Waals surface area contributed by atoms with Gasteiger partial charge in [-0.2, -0.15) is 10.2 Å². The molecule has 3 amide bonds. The number of aryl methyl sites for hydroxylation is 1. The SMILES string of the molecule is Cc1ccc(-c2noc(CN3C(=O)N[C@](C)(c4ccc(C#N)cc4)C3=O)n2)cc1. The standard InChI is InChI=1S/C21H17N5O3/c1-13-3-7-15(8-4-13)18-23-17(29-25-18)12-26-19(27)21(2,24-20(26)28)16-9-5-14(11-22)6-10-16/h3-10H,12H2,1-2H3,(H,24,28)/t21-/m1/s1. The highest BCUT2D eigenvalue weighted by molar-refractivity contribution is 6.07. The van der Waals surface area contributed by atoms with Crippen molar-refractivity contribution < 1.29 is 14.1 Å². The summed E-state index contributed by atoms with van der Waals surface area (Å²) in [4.78, 5) is 30.8. The molecule has 3 aromatic rings. The van der Waals surface area contributed by atoms with Crippen molar-refractivity contribution in [3.8, 4) is 17.5 Å². The summed E-state index contributed by atoms with van der Waals surface area (Å²) in [6, 6.07) is 15.6. The average Bonchev–Trinajstić information content (AvgIpc) is 3.28. The number of hydrogen-bond acceptors (Lipinski definition) is 6. The van der Waals surface area contributed by atoms with Crippen LogP contribution in [0, 0.1) is 18.3 Å². The molecule has 2 heterocycles. The van der Waals surface area contributed by atoms with Crippen LogP contribution in [-0.4, -0.2) is 27.0 Å². The predicted molar refractivity (Wildman–Crippen MR) is 102 cm³/mol. The third-order valence-corrected chi connectivity index (χ3v) is 4.94. The Bertz CT molecular complexity index is 1130. The van der Waals surface area contributed by atoms with Crippen molar-refractivity contribution in [3.05, 3.63) is 71.1 Å². The van der Waals surface area contributed by atoms with E-state index in [0.29, 0.717) is 17.0 Å². The fourth-order valence-corrected chi connectivity index (χ4v) is 3.19. The molecule has 1 atom stereocenters. The Kier molecular flexibility index (Phi) is 4.35. The zero-order valence-corrected chi connectivity index (χ0v) is 15.8. The van der Waals surface area contributed by atoms with E-state index in [0.717, 1.165) is 16.0 Å². The van der Waals surface area contributed by atoms with Crippen LogP contribution in [0.4, 0.5) is 4.79 Å². The van der Waals surface area contributed by atoms with E-state index in [1.165, 1.54) is 0 Å². The highest BCUT2D eigenvalue weighted by Crippen LogP contribution is 2.30. The number of nitrogens with zero attached hydrogens (tertiary/aromatic N) is 4. The highest BCUT2D eigenvalue weighted by Gasteiger charge is 2.49. The van der Waals surface area contributed by atoms with Gasteiger partial charge in [0.05, 0.1) is 11.6 Å². The minimum atomic E-state index is -1.23. The molecule has 1 saturated heterocycles. The molecule has 0 aliphatic carbocycles. The number of nitrogens with one attached hydrogen (secondary N) is 1. The van der Waals surface area contributed by atoms with E-state index in [1.54, 1.807) is 31.2 Å². The van der Waals surface area contributed by atoms with E-state index in [4.69, 9.17) is 9.78 Å². The lowest BCUT2D eigenvalue weighted by molar-refractivity contribution is -0.131. The highest BCUT2D eigenvalue weighted by atomic mass is 16.5. The van der Waals surface area contributed by atoms with Gasteiger partial charge in [0, 0.05) is 5.56 Å². The number of urea groups is 1. The molecule has 4 rings (SSSR count). The van der Waals surface area contributed by atoms with Crippen molar-refractivity contribution in [1.29, 1.82) is 5.26 Å². The molecule has 0 bridgehead atoms. The van der Waals surface area contributed by atoms with Gasteiger partial charge < -0.3 is 9.84 Å². The topological polar surface area (TPSA) is 112 Å². The number of nitriles is 1. The Morgan fingerprint density at radius 2 is 1.83 bits per heavy atom. The molecule has 2 aromatic carbocycles. The van der Waals surface area contributed by atoms with Gasteiger partial charge in [0.1, 0.15) is 12.1 Å². The van der Waals surface area contributed by atoms with Gasteiger partial charge in [-0.05, 0) is 31.5 Å². The largest absolute Gasteiger partial charge is 0.337 e. The fraction of sp³-hybridized carbons (Fsp3) is 0.190. The maximum Gasteiger partial charge on any atom is 0.325 e. The van der Waals surface area contributed by atoms with Crippen LogP contribution in [0.25, 0.3) is 11.4 Å². The summed E-state index contributed by atoms with van der Waals surface area (Å²) >= 11 is 0. The molecule has 0 saturated carbocycles. The quantitative estimate of drug-likeness (QED) is 0.689. The van der Waals surface area contributed by atoms with E-state index in [2.05, 4.69) is 15.5 Å². The van der Waals surface area contributed by atoms with Gasteiger partial charge in [-0.1, -0.05) is 47.1 Å². The summed E-state index contributed by atoms with van der Waals surface area (Å²) in [7, 11) is 0. The van der Waals surface area contributed by atoms with Crippen molar-refractivity contribution in [2.24, 2.45) is 0 Å². The second-order valence-electron chi connectivity index (χ2n) is 7.01. The third kappa shape index (κ3) is 3.23. The second kappa shape index (κ2) is 6.87. The number of rotatable bonds is 4. The van der Waals surface area contributed by atoms with E-state index >= 15 is 0 Å².